The van der Waals surface area contributed by atoms with Crippen LogP contribution in [0.4, 0.5) is 5.69 Å². The number of rotatable bonds is 4. The van der Waals surface area contributed by atoms with Crippen LogP contribution in [0.5, 0.6) is 0 Å². The van der Waals surface area contributed by atoms with Crippen LogP contribution in [-0.4, -0.2) is 40.1 Å². The maximum Gasteiger partial charge on any atom is 0.256 e. The fourth-order valence-electron chi connectivity index (χ4n) is 2.87. The minimum absolute atomic E-state index is 0.0610. The third kappa shape index (κ3) is 3.86. The van der Waals surface area contributed by atoms with Crippen LogP contribution in [0, 0.1) is 0 Å². The van der Waals surface area contributed by atoms with E-state index < -0.39 is 6.10 Å². The summed E-state index contributed by atoms with van der Waals surface area (Å²) >= 11 is 6.08. The van der Waals surface area contributed by atoms with Gasteiger partial charge in [-0.2, -0.15) is 0 Å². The van der Waals surface area contributed by atoms with Gasteiger partial charge in [-0.25, -0.2) is 4.98 Å². The second-order valence-electron chi connectivity index (χ2n) is 5.90. The van der Waals surface area contributed by atoms with Crippen molar-refractivity contribution in [2.24, 2.45) is 0 Å². The van der Waals surface area contributed by atoms with Gasteiger partial charge in [-0.15, -0.1) is 0 Å². The van der Waals surface area contributed by atoms with E-state index in [4.69, 9.17) is 11.6 Å². The van der Waals surface area contributed by atoms with E-state index in [2.05, 4.69) is 10.3 Å². The number of hydrogen-bond donors (Lipinski definition) is 2. The van der Waals surface area contributed by atoms with Gasteiger partial charge in [0.15, 0.2) is 0 Å². The van der Waals surface area contributed by atoms with Gasteiger partial charge < -0.3 is 15.3 Å². The molecule has 1 atom stereocenters. The number of aliphatic hydroxyl groups excluding tert-OH is 1. The SMILES string of the molecule is O=C(c1ccccc1NCc1cccnc1Cl)N1CCCC(O)C1. The number of halogens is 1. The van der Waals surface area contributed by atoms with Gasteiger partial charge in [0, 0.05) is 37.1 Å². The molecule has 1 aliphatic heterocycles. The number of nitrogens with one attached hydrogen (secondary N) is 1. The first-order valence-corrected chi connectivity index (χ1v) is 8.42. The van der Waals surface area contributed by atoms with E-state index in [-0.39, 0.29) is 5.91 Å². The summed E-state index contributed by atoms with van der Waals surface area (Å²) in [5, 5.41) is 13.5. The number of pyridine rings is 1. The Morgan fingerprint density at radius 1 is 1.33 bits per heavy atom. The van der Waals surface area contributed by atoms with E-state index in [1.54, 1.807) is 17.2 Å². The smallest absolute Gasteiger partial charge is 0.256 e. The summed E-state index contributed by atoms with van der Waals surface area (Å²) in [4.78, 5) is 18.5. The summed E-state index contributed by atoms with van der Waals surface area (Å²) in [7, 11) is 0. The van der Waals surface area contributed by atoms with Gasteiger partial charge in [0.25, 0.3) is 5.91 Å². The predicted molar refractivity (Wildman–Crippen MR) is 94.2 cm³/mol. The van der Waals surface area contributed by atoms with Crippen molar-refractivity contribution in [3.63, 3.8) is 0 Å². The molecule has 126 valence electrons. The molecular weight excluding hydrogens is 326 g/mol. The zero-order valence-corrected chi connectivity index (χ0v) is 14.0. The van der Waals surface area contributed by atoms with E-state index in [1.165, 1.54) is 0 Å². The highest BCUT2D eigenvalue weighted by atomic mass is 35.5. The number of β-amino-alcohol motifs (C(OH)–C–C–N with tert-alkyl or cyclic N) is 1. The highest BCUT2D eigenvalue weighted by molar-refractivity contribution is 6.30. The van der Waals surface area contributed by atoms with Crippen molar-refractivity contribution < 1.29 is 9.90 Å². The van der Waals surface area contributed by atoms with Crippen LogP contribution in [0.3, 0.4) is 0 Å². The molecule has 0 radical (unpaired) electrons. The Kier molecular flexibility index (Phi) is 5.33. The third-order valence-electron chi connectivity index (χ3n) is 4.15. The molecule has 2 heterocycles. The topological polar surface area (TPSA) is 65.5 Å². The second-order valence-corrected chi connectivity index (χ2v) is 6.26. The third-order valence-corrected chi connectivity index (χ3v) is 4.49. The number of aromatic nitrogens is 1. The average Bonchev–Trinajstić information content (AvgIpc) is 2.61. The summed E-state index contributed by atoms with van der Waals surface area (Å²) < 4.78 is 0. The Bertz CT molecular complexity index is 723. The monoisotopic (exact) mass is 345 g/mol. The molecule has 6 heteroatoms. The number of aliphatic hydroxyl groups is 1. The van der Waals surface area contributed by atoms with Gasteiger partial charge >= 0.3 is 0 Å². The molecule has 0 bridgehead atoms. The van der Waals surface area contributed by atoms with Gasteiger partial charge in [0.1, 0.15) is 5.15 Å². The summed E-state index contributed by atoms with van der Waals surface area (Å²) in [6.07, 6.45) is 2.79. The maximum absolute atomic E-state index is 12.8. The number of anilines is 1. The molecule has 1 unspecified atom stereocenters. The fourth-order valence-corrected chi connectivity index (χ4v) is 3.06. The van der Waals surface area contributed by atoms with Crippen molar-refractivity contribution in [2.45, 2.75) is 25.5 Å². The van der Waals surface area contributed by atoms with E-state index in [0.717, 1.165) is 24.1 Å². The lowest BCUT2D eigenvalue weighted by Crippen LogP contribution is -2.42. The molecule has 1 fully saturated rings. The highest BCUT2D eigenvalue weighted by Gasteiger charge is 2.24. The summed E-state index contributed by atoms with van der Waals surface area (Å²) in [5.74, 6) is -0.0610. The quantitative estimate of drug-likeness (QED) is 0.836. The van der Waals surface area contributed by atoms with Crippen molar-refractivity contribution >= 4 is 23.2 Å². The molecule has 5 nitrogen and oxygen atoms in total. The van der Waals surface area contributed by atoms with Crippen molar-refractivity contribution in [2.75, 3.05) is 18.4 Å². The molecule has 2 aromatic rings. The lowest BCUT2D eigenvalue weighted by molar-refractivity contribution is 0.0474. The second kappa shape index (κ2) is 7.64. The number of benzene rings is 1. The van der Waals surface area contributed by atoms with E-state index in [0.29, 0.717) is 30.4 Å². The fraction of sp³-hybridized carbons (Fsp3) is 0.333. The Morgan fingerprint density at radius 3 is 2.96 bits per heavy atom. The Hall–Kier alpha value is -2.11. The van der Waals surface area contributed by atoms with Crippen molar-refractivity contribution in [3.05, 3.63) is 58.9 Å². The number of hydrogen-bond acceptors (Lipinski definition) is 4. The van der Waals surface area contributed by atoms with Gasteiger partial charge in [-0.05, 0) is 31.0 Å². The van der Waals surface area contributed by atoms with E-state index >= 15 is 0 Å². The maximum atomic E-state index is 12.8. The van der Waals surface area contributed by atoms with Crippen molar-refractivity contribution in [1.82, 2.24) is 9.88 Å². The normalized spacial score (nSPS) is 17.6. The van der Waals surface area contributed by atoms with Crippen LogP contribution in [0.15, 0.2) is 42.6 Å². The molecule has 24 heavy (non-hydrogen) atoms. The molecule has 0 spiro atoms. The van der Waals surface area contributed by atoms with Crippen LogP contribution < -0.4 is 5.32 Å². The summed E-state index contributed by atoms with van der Waals surface area (Å²) in [5.41, 5.74) is 2.23. The molecule has 0 aliphatic carbocycles. The molecule has 1 aromatic carbocycles. The largest absolute Gasteiger partial charge is 0.391 e. The Morgan fingerprint density at radius 2 is 2.17 bits per heavy atom. The number of piperidine rings is 1. The summed E-state index contributed by atoms with van der Waals surface area (Å²) in [6.45, 7) is 1.56. The van der Waals surface area contributed by atoms with Gasteiger partial charge in [-0.1, -0.05) is 29.8 Å². The molecule has 1 saturated heterocycles. The average molecular weight is 346 g/mol. The minimum Gasteiger partial charge on any atom is -0.391 e. The minimum atomic E-state index is -0.433. The molecule has 1 aliphatic rings. The molecule has 1 aromatic heterocycles. The van der Waals surface area contributed by atoms with Crippen molar-refractivity contribution in [3.8, 4) is 0 Å². The number of amides is 1. The number of para-hydroxylation sites is 1. The van der Waals surface area contributed by atoms with Gasteiger partial charge in [0.05, 0.1) is 11.7 Å². The lowest BCUT2D eigenvalue weighted by Gasteiger charge is -2.30. The Balaban J connectivity index is 1.75. The van der Waals surface area contributed by atoms with E-state index in [1.807, 2.05) is 30.3 Å². The molecular formula is C18H20ClN3O2. The molecule has 3 rings (SSSR count). The standard InChI is InChI=1S/C18H20ClN3O2/c19-17-13(5-3-9-20-17)11-21-16-8-2-1-7-15(16)18(24)22-10-4-6-14(23)12-22/h1-3,5,7-9,14,21,23H,4,6,10-12H2. The number of carbonyl (C=O) groups is 1. The predicted octanol–water partition coefficient (Wildman–Crippen LogP) is 2.94. The van der Waals surface area contributed by atoms with Crippen LogP contribution in [0.2, 0.25) is 5.15 Å². The van der Waals surface area contributed by atoms with Gasteiger partial charge in [0.2, 0.25) is 0 Å². The number of likely N-dealkylation sites (tertiary alicyclic amines) is 1. The first-order valence-electron chi connectivity index (χ1n) is 8.05. The van der Waals surface area contributed by atoms with Crippen molar-refractivity contribution in [1.29, 1.82) is 0 Å². The lowest BCUT2D eigenvalue weighted by atomic mass is 10.1. The first kappa shape index (κ1) is 16.7. The van der Waals surface area contributed by atoms with Gasteiger partial charge in [-0.3, -0.25) is 4.79 Å². The molecule has 2 N–H and O–H groups in total. The van der Waals surface area contributed by atoms with Crippen LogP contribution in [0.25, 0.3) is 0 Å². The first-order chi connectivity index (χ1) is 11.6. The number of carbonyl (C=O) groups excluding carboxylic acids is 1. The van der Waals surface area contributed by atoms with Crippen LogP contribution in [-0.2, 0) is 6.54 Å². The van der Waals surface area contributed by atoms with Crippen LogP contribution >= 0.6 is 11.6 Å². The van der Waals surface area contributed by atoms with E-state index in [9.17, 15) is 9.90 Å². The highest BCUT2D eigenvalue weighted by Crippen LogP contribution is 2.22. The van der Waals surface area contributed by atoms with Crippen LogP contribution in [0.1, 0.15) is 28.8 Å². The number of nitrogens with zero attached hydrogens (tertiary/aromatic N) is 2. The molecule has 1 amide bonds. The Labute approximate surface area is 146 Å². The zero-order chi connectivity index (χ0) is 16.9. The summed E-state index contributed by atoms with van der Waals surface area (Å²) in [6, 6.07) is 11.1. The molecule has 0 saturated carbocycles. The zero-order valence-electron chi connectivity index (χ0n) is 13.3.